The maximum absolute atomic E-state index is 12.0. The Morgan fingerprint density at radius 1 is 1.33 bits per heavy atom. The molecule has 6 heteroatoms. The van der Waals surface area contributed by atoms with Crippen LogP contribution < -0.4 is 5.32 Å². The van der Waals surface area contributed by atoms with E-state index >= 15 is 0 Å². The molecule has 3 aromatic rings. The monoisotopic (exact) mass is 283 g/mol. The topological polar surface area (TPSA) is 75.6 Å². The fraction of sp³-hybridized carbons (Fsp3) is 0.267. The summed E-state index contributed by atoms with van der Waals surface area (Å²) in [5, 5.41) is 9.52. The number of nitrogens with zero attached hydrogens (tertiary/aromatic N) is 3. The molecule has 0 saturated heterocycles. The predicted molar refractivity (Wildman–Crippen MR) is 80.1 cm³/mol. The highest BCUT2D eigenvalue weighted by molar-refractivity contribution is 5.94. The Morgan fingerprint density at radius 2 is 2.14 bits per heavy atom. The fourth-order valence-corrected chi connectivity index (χ4v) is 2.43. The Labute approximate surface area is 122 Å². The summed E-state index contributed by atoms with van der Waals surface area (Å²) in [6.07, 6.45) is 1.54. The number of para-hydroxylation sites is 2. The lowest BCUT2D eigenvalue weighted by molar-refractivity contribution is 0.0952. The molecule has 2 N–H and O–H groups in total. The second-order valence-electron chi connectivity index (χ2n) is 4.96. The number of amides is 1. The molecular weight excluding hydrogens is 266 g/mol. The number of hydrogen-bond donors (Lipinski definition) is 2. The Balaban J connectivity index is 1.69. The summed E-state index contributed by atoms with van der Waals surface area (Å²) in [6.45, 7) is 5.04. The first-order valence-electron chi connectivity index (χ1n) is 6.87. The van der Waals surface area contributed by atoms with Crippen LogP contribution in [-0.4, -0.2) is 32.2 Å². The number of carbonyl (C=O) groups excluding carboxylic acids is 1. The van der Waals surface area contributed by atoms with Gasteiger partial charge in [-0.2, -0.15) is 5.10 Å². The van der Waals surface area contributed by atoms with Crippen LogP contribution in [0.15, 0.2) is 30.5 Å². The number of aromatic nitrogens is 4. The van der Waals surface area contributed by atoms with Crippen LogP contribution >= 0.6 is 0 Å². The Kier molecular flexibility index (Phi) is 3.43. The van der Waals surface area contributed by atoms with Crippen molar-refractivity contribution in [3.63, 3.8) is 0 Å². The summed E-state index contributed by atoms with van der Waals surface area (Å²) in [5.74, 6) is 0.841. The minimum Gasteiger partial charge on any atom is -0.350 e. The lowest BCUT2D eigenvalue weighted by atomic mass is 10.2. The number of nitrogens with one attached hydrogen (secondary N) is 2. The van der Waals surface area contributed by atoms with Crippen molar-refractivity contribution < 1.29 is 4.79 Å². The number of H-pyrrole nitrogens is 1. The summed E-state index contributed by atoms with van der Waals surface area (Å²) in [4.78, 5) is 16.5. The molecule has 2 heterocycles. The molecular formula is C15H17N5O. The maximum Gasteiger partial charge on any atom is 0.254 e. The zero-order chi connectivity index (χ0) is 14.8. The van der Waals surface area contributed by atoms with Crippen LogP contribution in [0.5, 0.6) is 0 Å². The van der Waals surface area contributed by atoms with Crippen molar-refractivity contribution in [2.45, 2.75) is 20.4 Å². The molecule has 0 aliphatic carbocycles. The van der Waals surface area contributed by atoms with Crippen molar-refractivity contribution in [3.05, 3.63) is 47.5 Å². The maximum atomic E-state index is 12.0. The number of carbonyl (C=O) groups is 1. The number of fused-ring (bicyclic) bond motifs is 1. The van der Waals surface area contributed by atoms with Gasteiger partial charge in [0, 0.05) is 18.8 Å². The van der Waals surface area contributed by atoms with E-state index in [1.807, 2.05) is 38.1 Å². The van der Waals surface area contributed by atoms with Gasteiger partial charge in [-0.3, -0.25) is 9.89 Å². The quantitative estimate of drug-likeness (QED) is 0.766. The number of hydrogen-bond acceptors (Lipinski definition) is 3. The number of benzene rings is 1. The normalized spacial score (nSPS) is 11.0. The second-order valence-corrected chi connectivity index (χ2v) is 4.96. The minimum atomic E-state index is -0.108. The average Bonchev–Trinajstić information content (AvgIpc) is 3.03. The van der Waals surface area contributed by atoms with Gasteiger partial charge in [0.2, 0.25) is 0 Å². The van der Waals surface area contributed by atoms with Crippen molar-refractivity contribution in [2.75, 3.05) is 6.54 Å². The molecule has 0 spiro atoms. The van der Waals surface area contributed by atoms with E-state index in [-0.39, 0.29) is 5.91 Å². The van der Waals surface area contributed by atoms with Crippen LogP contribution in [0.4, 0.5) is 0 Å². The van der Waals surface area contributed by atoms with Gasteiger partial charge in [-0.25, -0.2) is 4.98 Å². The molecule has 0 saturated carbocycles. The van der Waals surface area contributed by atoms with E-state index in [1.54, 1.807) is 6.20 Å². The first-order chi connectivity index (χ1) is 10.2. The van der Waals surface area contributed by atoms with Gasteiger partial charge in [0.15, 0.2) is 0 Å². The van der Waals surface area contributed by atoms with Crippen molar-refractivity contribution in [1.29, 1.82) is 0 Å². The van der Waals surface area contributed by atoms with Crippen LogP contribution in [0.3, 0.4) is 0 Å². The largest absolute Gasteiger partial charge is 0.350 e. The van der Waals surface area contributed by atoms with Gasteiger partial charge in [0.05, 0.1) is 22.8 Å². The Morgan fingerprint density at radius 3 is 2.90 bits per heavy atom. The lowest BCUT2D eigenvalue weighted by Gasteiger charge is -2.08. The molecule has 2 aromatic heterocycles. The predicted octanol–water partition coefficient (Wildman–Crippen LogP) is 1.81. The van der Waals surface area contributed by atoms with Gasteiger partial charge >= 0.3 is 0 Å². The highest BCUT2D eigenvalue weighted by atomic mass is 16.1. The number of aromatic amines is 1. The molecule has 0 unspecified atom stereocenters. The van der Waals surface area contributed by atoms with Crippen LogP contribution in [0.25, 0.3) is 11.0 Å². The molecule has 108 valence electrons. The fourth-order valence-electron chi connectivity index (χ4n) is 2.43. The summed E-state index contributed by atoms with van der Waals surface area (Å²) < 4.78 is 2.11. The number of imidazole rings is 1. The van der Waals surface area contributed by atoms with E-state index in [0.29, 0.717) is 18.7 Å². The van der Waals surface area contributed by atoms with Gasteiger partial charge in [-0.05, 0) is 26.0 Å². The summed E-state index contributed by atoms with van der Waals surface area (Å²) in [6, 6.07) is 8.00. The van der Waals surface area contributed by atoms with Crippen molar-refractivity contribution in [1.82, 2.24) is 25.1 Å². The summed E-state index contributed by atoms with van der Waals surface area (Å²) in [7, 11) is 0. The third-order valence-electron chi connectivity index (χ3n) is 3.54. The Bertz CT molecular complexity index is 786. The zero-order valence-electron chi connectivity index (χ0n) is 12.1. The zero-order valence-corrected chi connectivity index (χ0v) is 12.1. The van der Waals surface area contributed by atoms with Crippen molar-refractivity contribution in [2.24, 2.45) is 0 Å². The Hall–Kier alpha value is -2.63. The van der Waals surface area contributed by atoms with Gasteiger partial charge in [-0.1, -0.05) is 12.1 Å². The molecule has 0 bridgehead atoms. The number of rotatable bonds is 4. The molecule has 3 rings (SSSR count). The SMILES string of the molecule is Cc1[nH]ncc1C(=O)NCCn1c(C)nc2ccccc21. The highest BCUT2D eigenvalue weighted by Crippen LogP contribution is 2.14. The molecule has 1 amide bonds. The minimum absolute atomic E-state index is 0.108. The molecule has 0 atom stereocenters. The van der Waals surface area contributed by atoms with Gasteiger partial charge in [0.25, 0.3) is 5.91 Å². The van der Waals surface area contributed by atoms with Crippen LogP contribution in [0.1, 0.15) is 21.9 Å². The average molecular weight is 283 g/mol. The smallest absolute Gasteiger partial charge is 0.254 e. The van der Waals surface area contributed by atoms with Gasteiger partial charge < -0.3 is 9.88 Å². The van der Waals surface area contributed by atoms with Gasteiger partial charge in [0.1, 0.15) is 5.82 Å². The van der Waals surface area contributed by atoms with Crippen LogP contribution in [0, 0.1) is 13.8 Å². The van der Waals surface area contributed by atoms with Crippen LogP contribution in [-0.2, 0) is 6.54 Å². The van der Waals surface area contributed by atoms with E-state index in [9.17, 15) is 4.79 Å². The molecule has 1 aromatic carbocycles. The summed E-state index contributed by atoms with van der Waals surface area (Å²) in [5.41, 5.74) is 3.43. The standard InChI is InChI=1S/C15H17N5O/c1-10-12(9-17-19-10)15(21)16-7-8-20-11(2)18-13-5-3-4-6-14(13)20/h3-6,9H,7-8H2,1-2H3,(H,16,21)(H,17,19). The molecule has 21 heavy (non-hydrogen) atoms. The first-order valence-corrected chi connectivity index (χ1v) is 6.87. The lowest BCUT2D eigenvalue weighted by Crippen LogP contribution is -2.27. The van der Waals surface area contributed by atoms with Crippen molar-refractivity contribution >= 4 is 16.9 Å². The molecule has 6 nitrogen and oxygen atoms in total. The van der Waals surface area contributed by atoms with E-state index in [1.165, 1.54) is 0 Å². The molecule has 0 fully saturated rings. The highest BCUT2D eigenvalue weighted by Gasteiger charge is 2.11. The molecule has 0 radical (unpaired) electrons. The summed E-state index contributed by atoms with van der Waals surface area (Å²) >= 11 is 0. The van der Waals surface area contributed by atoms with E-state index in [0.717, 1.165) is 22.6 Å². The van der Waals surface area contributed by atoms with E-state index in [4.69, 9.17) is 0 Å². The van der Waals surface area contributed by atoms with Crippen molar-refractivity contribution in [3.8, 4) is 0 Å². The number of aryl methyl sites for hydroxylation is 2. The third kappa shape index (κ3) is 2.52. The third-order valence-corrected chi connectivity index (χ3v) is 3.54. The molecule has 0 aliphatic rings. The molecule has 0 aliphatic heterocycles. The second kappa shape index (κ2) is 5.40. The van der Waals surface area contributed by atoms with Gasteiger partial charge in [-0.15, -0.1) is 0 Å². The first kappa shape index (κ1) is 13.4. The van der Waals surface area contributed by atoms with E-state index < -0.39 is 0 Å². The van der Waals surface area contributed by atoms with E-state index in [2.05, 4.69) is 25.1 Å². The van der Waals surface area contributed by atoms with Crippen LogP contribution in [0.2, 0.25) is 0 Å².